The summed E-state index contributed by atoms with van der Waals surface area (Å²) in [6.45, 7) is 7.05. The number of hydrogen-bond acceptors (Lipinski definition) is 4. The van der Waals surface area contributed by atoms with Crippen molar-refractivity contribution >= 4 is 11.9 Å². The lowest BCUT2D eigenvalue weighted by Crippen LogP contribution is -2.61. The summed E-state index contributed by atoms with van der Waals surface area (Å²) in [7, 11) is 0. The van der Waals surface area contributed by atoms with Gasteiger partial charge >= 0.3 is 6.03 Å². The van der Waals surface area contributed by atoms with Crippen LogP contribution in [0.3, 0.4) is 0 Å². The third kappa shape index (κ3) is 4.75. The molecule has 3 aliphatic heterocycles. The van der Waals surface area contributed by atoms with Gasteiger partial charge in [-0.1, -0.05) is 30.3 Å². The van der Waals surface area contributed by atoms with Crippen molar-refractivity contribution in [3.05, 3.63) is 59.2 Å². The van der Waals surface area contributed by atoms with Crippen molar-refractivity contribution in [3.63, 3.8) is 0 Å². The number of fused-ring (bicyclic) bond motifs is 4. The Morgan fingerprint density at radius 3 is 2.56 bits per heavy atom. The molecule has 3 atom stereocenters. The van der Waals surface area contributed by atoms with E-state index in [0.29, 0.717) is 32.8 Å². The van der Waals surface area contributed by atoms with Gasteiger partial charge in [0.2, 0.25) is 5.91 Å². The number of benzene rings is 2. The Balaban J connectivity index is 1.35. The fourth-order valence-corrected chi connectivity index (χ4v) is 6.15. The molecular formula is C29H37N3O4. The van der Waals surface area contributed by atoms with E-state index in [1.54, 1.807) is 0 Å². The van der Waals surface area contributed by atoms with Crippen molar-refractivity contribution in [1.82, 2.24) is 15.1 Å². The Bertz CT molecular complexity index is 1090. The first kappa shape index (κ1) is 24.5. The van der Waals surface area contributed by atoms with Crippen LogP contribution >= 0.6 is 0 Å². The molecule has 2 aromatic rings. The number of likely N-dealkylation sites (tertiary alicyclic amines) is 1. The molecule has 0 aromatic heterocycles. The fraction of sp³-hybridized carbons (Fsp3) is 0.517. The molecular weight excluding hydrogens is 454 g/mol. The standard InChI is InChI=1S/C29H37N3O4/c1-3-35-26-17-21-13-16-31-25(23(21)18-27(26)36-4-2)19-24-22(28(31)33)11-8-15-32(24)29(34)30-14-12-20-9-6-5-7-10-20/h5-7,9-10,17-18,22,24-25H,3-4,8,11-16,19H2,1-2H3,(H,30,34)/t22-,24-,25-/m1/s1. The van der Waals surface area contributed by atoms with E-state index in [4.69, 9.17) is 9.47 Å². The van der Waals surface area contributed by atoms with Crippen LogP contribution in [-0.4, -0.2) is 60.6 Å². The number of nitrogens with zero attached hydrogens (tertiary/aromatic N) is 2. The number of nitrogens with one attached hydrogen (secondary N) is 1. The minimum Gasteiger partial charge on any atom is -0.490 e. The van der Waals surface area contributed by atoms with Crippen LogP contribution < -0.4 is 14.8 Å². The zero-order valence-corrected chi connectivity index (χ0v) is 21.4. The zero-order chi connectivity index (χ0) is 25.1. The van der Waals surface area contributed by atoms with E-state index in [1.165, 1.54) is 11.1 Å². The van der Waals surface area contributed by atoms with Gasteiger partial charge in [-0.25, -0.2) is 4.79 Å². The number of hydrogen-bond donors (Lipinski definition) is 1. The Labute approximate surface area is 213 Å². The highest BCUT2D eigenvalue weighted by molar-refractivity contribution is 5.83. The van der Waals surface area contributed by atoms with Crippen molar-refractivity contribution in [3.8, 4) is 11.5 Å². The first-order valence-corrected chi connectivity index (χ1v) is 13.4. The molecule has 0 radical (unpaired) electrons. The molecule has 7 nitrogen and oxygen atoms in total. The van der Waals surface area contributed by atoms with Crippen molar-refractivity contribution < 1.29 is 19.1 Å². The fourth-order valence-electron chi connectivity index (χ4n) is 6.15. The maximum absolute atomic E-state index is 13.7. The van der Waals surface area contributed by atoms with Gasteiger partial charge in [0.15, 0.2) is 11.5 Å². The Morgan fingerprint density at radius 1 is 1.06 bits per heavy atom. The lowest BCUT2D eigenvalue weighted by molar-refractivity contribution is -0.148. The van der Waals surface area contributed by atoms with Crippen molar-refractivity contribution in [2.45, 2.75) is 58.0 Å². The number of carbonyl (C=O) groups excluding carboxylic acids is 2. The van der Waals surface area contributed by atoms with Gasteiger partial charge in [-0.05, 0) is 74.8 Å². The SMILES string of the molecule is CCOc1cc2c(cc1OCC)[C@H]1C[C@@H]3[C@@H](CCCN3C(=O)NCCc3ccccc3)C(=O)N1CC2. The lowest BCUT2D eigenvalue weighted by atomic mass is 9.76. The normalized spacial score (nSPS) is 22.8. The van der Waals surface area contributed by atoms with Gasteiger partial charge in [0.05, 0.1) is 25.2 Å². The van der Waals surface area contributed by atoms with Crippen LogP contribution in [0.25, 0.3) is 0 Å². The first-order valence-electron chi connectivity index (χ1n) is 13.4. The molecule has 0 unspecified atom stereocenters. The summed E-state index contributed by atoms with van der Waals surface area (Å²) in [5.41, 5.74) is 3.55. The van der Waals surface area contributed by atoms with Gasteiger partial charge in [0.1, 0.15) is 0 Å². The maximum Gasteiger partial charge on any atom is 0.317 e. The van der Waals surface area contributed by atoms with Crippen molar-refractivity contribution in [2.24, 2.45) is 5.92 Å². The van der Waals surface area contributed by atoms with Crippen molar-refractivity contribution in [2.75, 3.05) is 32.8 Å². The zero-order valence-electron chi connectivity index (χ0n) is 21.4. The van der Waals surface area contributed by atoms with Gasteiger partial charge in [-0.3, -0.25) is 4.79 Å². The van der Waals surface area contributed by atoms with E-state index >= 15 is 0 Å². The smallest absolute Gasteiger partial charge is 0.317 e. The number of rotatable bonds is 7. The van der Waals surface area contributed by atoms with Crippen LogP contribution in [0.2, 0.25) is 0 Å². The van der Waals surface area contributed by atoms with Crippen LogP contribution in [0.1, 0.15) is 55.8 Å². The lowest BCUT2D eigenvalue weighted by Gasteiger charge is -2.51. The van der Waals surface area contributed by atoms with E-state index in [9.17, 15) is 9.59 Å². The highest BCUT2D eigenvalue weighted by Crippen LogP contribution is 2.46. The number of urea groups is 1. The molecule has 3 heterocycles. The maximum atomic E-state index is 13.7. The van der Waals surface area contributed by atoms with E-state index in [2.05, 4.69) is 34.5 Å². The van der Waals surface area contributed by atoms with E-state index in [-0.39, 0.29) is 29.9 Å². The van der Waals surface area contributed by atoms with E-state index in [1.807, 2.05) is 36.9 Å². The second-order valence-electron chi connectivity index (χ2n) is 9.87. The molecule has 2 fully saturated rings. The van der Waals surface area contributed by atoms with Gasteiger partial charge in [-0.2, -0.15) is 0 Å². The molecule has 1 N–H and O–H groups in total. The Kier molecular flexibility index (Phi) is 7.35. The summed E-state index contributed by atoms with van der Waals surface area (Å²) < 4.78 is 11.8. The van der Waals surface area contributed by atoms with Gasteiger partial charge in [0, 0.05) is 25.7 Å². The molecule has 192 valence electrons. The predicted molar refractivity (Wildman–Crippen MR) is 138 cm³/mol. The highest BCUT2D eigenvalue weighted by atomic mass is 16.5. The first-order chi connectivity index (χ1) is 17.6. The van der Waals surface area contributed by atoms with Crippen LogP contribution in [-0.2, 0) is 17.6 Å². The molecule has 2 aromatic carbocycles. The average Bonchev–Trinajstić information content (AvgIpc) is 2.90. The van der Waals surface area contributed by atoms with Gasteiger partial charge in [0.25, 0.3) is 0 Å². The van der Waals surface area contributed by atoms with Gasteiger partial charge in [-0.15, -0.1) is 0 Å². The summed E-state index contributed by atoms with van der Waals surface area (Å²) in [6.07, 6.45) is 4.07. The molecule has 7 heteroatoms. The summed E-state index contributed by atoms with van der Waals surface area (Å²) in [5.74, 6) is 1.57. The van der Waals surface area contributed by atoms with Crippen molar-refractivity contribution in [1.29, 1.82) is 0 Å². The second-order valence-corrected chi connectivity index (χ2v) is 9.87. The topological polar surface area (TPSA) is 71.1 Å². The monoisotopic (exact) mass is 491 g/mol. The largest absolute Gasteiger partial charge is 0.490 e. The minimum atomic E-state index is -0.120. The number of piperidine rings is 2. The molecule has 0 bridgehead atoms. The molecule has 5 rings (SSSR count). The van der Waals surface area contributed by atoms with Crippen LogP contribution in [0.15, 0.2) is 42.5 Å². The third-order valence-corrected chi connectivity index (χ3v) is 7.80. The number of amides is 3. The van der Waals surface area contributed by atoms with Crippen LogP contribution in [0.5, 0.6) is 11.5 Å². The second kappa shape index (κ2) is 10.8. The quantitative estimate of drug-likeness (QED) is 0.625. The predicted octanol–water partition coefficient (Wildman–Crippen LogP) is 4.35. The van der Waals surface area contributed by atoms with E-state index in [0.717, 1.165) is 49.2 Å². The Morgan fingerprint density at radius 2 is 1.81 bits per heavy atom. The highest BCUT2D eigenvalue weighted by Gasteiger charge is 2.48. The molecule has 0 saturated carbocycles. The third-order valence-electron chi connectivity index (χ3n) is 7.80. The molecule has 2 saturated heterocycles. The average molecular weight is 492 g/mol. The summed E-state index contributed by atoms with van der Waals surface area (Å²) >= 11 is 0. The molecule has 3 aliphatic rings. The van der Waals surface area contributed by atoms with Crippen LogP contribution in [0.4, 0.5) is 4.79 Å². The number of carbonyl (C=O) groups is 2. The number of ether oxygens (including phenoxy) is 2. The summed E-state index contributed by atoms with van der Waals surface area (Å²) in [5, 5.41) is 3.11. The molecule has 36 heavy (non-hydrogen) atoms. The van der Waals surface area contributed by atoms with E-state index < -0.39 is 0 Å². The Hall–Kier alpha value is -3.22. The summed E-state index contributed by atoms with van der Waals surface area (Å²) in [4.78, 5) is 30.9. The van der Waals surface area contributed by atoms with Crippen LogP contribution in [0, 0.1) is 5.92 Å². The molecule has 0 spiro atoms. The summed E-state index contributed by atoms with van der Waals surface area (Å²) in [6, 6.07) is 14.2. The minimum absolute atomic E-state index is 0.0462. The van der Waals surface area contributed by atoms with Gasteiger partial charge < -0.3 is 24.6 Å². The molecule has 3 amide bonds. The molecule has 0 aliphatic carbocycles.